The van der Waals surface area contributed by atoms with Crippen LogP contribution in [0.2, 0.25) is 0 Å². The fourth-order valence-corrected chi connectivity index (χ4v) is 2.70. The average Bonchev–Trinajstić information content (AvgIpc) is 2.82. The van der Waals surface area contributed by atoms with Crippen LogP contribution in [-0.4, -0.2) is 37.5 Å². The van der Waals surface area contributed by atoms with Gasteiger partial charge in [-0.25, -0.2) is 4.79 Å². The number of carbonyl (C=O) groups is 1. The molecule has 0 atom stereocenters. The summed E-state index contributed by atoms with van der Waals surface area (Å²) in [5.41, 5.74) is 2.49. The molecule has 0 fully saturated rings. The van der Waals surface area contributed by atoms with Gasteiger partial charge in [-0.3, -0.25) is 0 Å². The van der Waals surface area contributed by atoms with Gasteiger partial charge in [0.1, 0.15) is 5.75 Å². The third-order valence-electron chi connectivity index (χ3n) is 3.77. The van der Waals surface area contributed by atoms with Crippen LogP contribution < -0.4 is 4.74 Å². The summed E-state index contributed by atoms with van der Waals surface area (Å²) in [5.74, 6) is 0.479. The summed E-state index contributed by atoms with van der Waals surface area (Å²) in [6.07, 6.45) is 0.941. The Labute approximate surface area is 137 Å². The second-order valence-corrected chi connectivity index (χ2v) is 5.35. The van der Waals surface area contributed by atoms with Gasteiger partial charge in [0.2, 0.25) is 0 Å². The molecule has 1 aromatic carbocycles. The quantitative estimate of drug-likeness (QED) is 0.698. The summed E-state index contributed by atoms with van der Waals surface area (Å²) in [4.78, 5) is 12.4. The molecule has 5 heteroatoms. The van der Waals surface area contributed by atoms with E-state index in [0.29, 0.717) is 31.9 Å². The van der Waals surface area contributed by atoms with Gasteiger partial charge >= 0.3 is 5.97 Å². The number of hydrogen-bond donors (Lipinski definition) is 0. The minimum absolute atomic E-state index is 0.293. The Morgan fingerprint density at radius 3 is 2.65 bits per heavy atom. The van der Waals surface area contributed by atoms with Crippen molar-refractivity contribution < 1.29 is 19.0 Å². The fraction of sp³-hybridized carbons (Fsp3) is 0.500. The molecule has 0 aliphatic rings. The summed E-state index contributed by atoms with van der Waals surface area (Å²) in [6.45, 7) is 8.10. The molecule has 126 valence electrons. The first-order chi connectivity index (χ1) is 11.1. The second-order valence-electron chi connectivity index (χ2n) is 5.35. The summed E-state index contributed by atoms with van der Waals surface area (Å²) in [7, 11) is 1.67. The van der Waals surface area contributed by atoms with Crippen LogP contribution in [0.15, 0.2) is 18.2 Å². The van der Waals surface area contributed by atoms with E-state index < -0.39 is 0 Å². The Morgan fingerprint density at radius 1 is 1.22 bits per heavy atom. The lowest BCUT2D eigenvalue weighted by Gasteiger charge is -2.08. The topological polar surface area (TPSA) is 49.7 Å². The number of hydrogen-bond acceptors (Lipinski definition) is 4. The molecular weight excluding hydrogens is 294 g/mol. The maximum absolute atomic E-state index is 12.4. The zero-order valence-corrected chi connectivity index (χ0v) is 14.3. The third kappa shape index (κ3) is 3.67. The Balaban J connectivity index is 2.54. The van der Waals surface area contributed by atoms with Gasteiger partial charge < -0.3 is 18.8 Å². The number of nitrogens with zero attached hydrogens (tertiary/aromatic N) is 1. The number of methoxy groups -OCH3 is 1. The minimum Gasteiger partial charge on any atom is -0.494 e. The van der Waals surface area contributed by atoms with E-state index in [1.54, 1.807) is 7.11 Å². The molecule has 5 nitrogen and oxygen atoms in total. The number of aromatic nitrogens is 1. The molecule has 0 bridgehead atoms. The van der Waals surface area contributed by atoms with Crippen molar-refractivity contribution in [3.63, 3.8) is 0 Å². The Kier molecular flexibility index (Phi) is 6.04. The molecule has 2 aromatic rings. The maximum atomic E-state index is 12.4. The van der Waals surface area contributed by atoms with Gasteiger partial charge in [0.25, 0.3) is 0 Å². The molecule has 0 N–H and O–H groups in total. The molecule has 0 saturated carbocycles. The lowest BCUT2D eigenvalue weighted by atomic mass is 10.1. The van der Waals surface area contributed by atoms with Crippen LogP contribution in [0.1, 0.15) is 36.3 Å². The predicted molar refractivity (Wildman–Crippen MR) is 90.3 cm³/mol. The highest BCUT2D eigenvalue weighted by molar-refractivity contribution is 6.06. The van der Waals surface area contributed by atoms with Crippen LogP contribution >= 0.6 is 0 Å². The van der Waals surface area contributed by atoms with Crippen molar-refractivity contribution in [3.05, 3.63) is 29.5 Å². The highest BCUT2D eigenvalue weighted by atomic mass is 16.5. The van der Waals surface area contributed by atoms with Crippen molar-refractivity contribution in [3.8, 4) is 5.75 Å². The first-order valence-electron chi connectivity index (χ1n) is 8.05. The van der Waals surface area contributed by atoms with Gasteiger partial charge in [-0.2, -0.15) is 0 Å². The van der Waals surface area contributed by atoms with Gasteiger partial charge in [-0.1, -0.05) is 6.92 Å². The van der Waals surface area contributed by atoms with Gasteiger partial charge in [-0.05, 0) is 38.5 Å². The van der Waals surface area contributed by atoms with Gasteiger partial charge in [0, 0.05) is 30.3 Å². The maximum Gasteiger partial charge on any atom is 0.340 e. The fourth-order valence-electron chi connectivity index (χ4n) is 2.70. The monoisotopic (exact) mass is 319 g/mol. The highest BCUT2D eigenvalue weighted by Crippen LogP contribution is 2.30. The van der Waals surface area contributed by atoms with Crippen LogP contribution in [0, 0.1) is 6.92 Å². The minimum atomic E-state index is -0.293. The molecule has 1 aromatic heterocycles. The lowest BCUT2D eigenvalue weighted by molar-refractivity contribution is 0.0527. The largest absolute Gasteiger partial charge is 0.494 e. The van der Waals surface area contributed by atoms with Crippen molar-refractivity contribution in [1.82, 2.24) is 4.57 Å². The lowest BCUT2D eigenvalue weighted by Crippen LogP contribution is -2.09. The van der Waals surface area contributed by atoms with E-state index in [0.717, 1.165) is 28.8 Å². The number of benzene rings is 1. The summed E-state index contributed by atoms with van der Waals surface area (Å²) in [6, 6.07) is 5.86. The summed E-state index contributed by atoms with van der Waals surface area (Å²) >= 11 is 0. The molecule has 0 radical (unpaired) electrons. The molecular formula is C18H25NO4. The Bertz CT molecular complexity index is 675. The van der Waals surface area contributed by atoms with Gasteiger partial charge in [0.05, 0.1) is 25.4 Å². The molecule has 2 rings (SSSR count). The molecule has 1 heterocycles. The van der Waals surface area contributed by atoms with E-state index in [1.165, 1.54) is 0 Å². The number of rotatable bonds is 8. The van der Waals surface area contributed by atoms with Gasteiger partial charge in [-0.15, -0.1) is 0 Å². The van der Waals surface area contributed by atoms with E-state index in [1.807, 2.05) is 32.0 Å². The SMILES string of the molecule is CCCOc1ccc2c(c1)c(C(=O)OCC)c(C)n2CCOC. The van der Waals surface area contributed by atoms with Crippen molar-refractivity contribution in [2.24, 2.45) is 0 Å². The number of esters is 1. The van der Waals surface area contributed by atoms with Gasteiger partial charge in [0.15, 0.2) is 0 Å². The Morgan fingerprint density at radius 2 is 2.00 bits per heavy atom. The molecule has 0 aliphatic heterocycles. The second kappa shape index (κ2) is 8.02. The number of carbonyl (C=O) groups excluding carboxylic acids is 1. The summed E-state index contributed by atoms with van der Waals surface area (Å²) < 4.78 is 18.2. The standard InChI is InChI=1S/C18H25NO4/c1-5-10-23-14-7-8-16-15(12-14)17(18(20)22-6-2)13(3)19(16)9-11-21-4/h7-8,12H,5-6,9-11H2,1-4H3. The van der Waals surface area contributed by atoms with Crippen LogP contribution in [-0.2, 0) is 16.0 Å². The van der Waals surface area contributed by atoms with E-state index in [9.17, 15) is 4.79 Å². The molecule has 0 saturated heterocycles. The Hall–Kier alpha value is -2.01. The van der Waals surface area contributed by atoms with E-state index in [4.69, 9.17) is 14.2 Å². The highest BCUT2D eigenvalue weighted by Gasteiger charge is 2.21. The van der Waals surface area contributed by atoms with Crippen LogP contribution in [0.3, 0.4) is 0 Å². The van der Waals surface area contributed by atoms with Crippen molar-refractivity contribution in [2.75, 3.05) is 26.9 Å². The molecule has 0 aliphatic carbocycles. The average molecular weight is 319 g/mol. The number of fused-ring (bicyclic) bond motifs is 1. The molecule has 23 heavy (non-hydrogen) atoms. The van der Waals surface area contributed by atoms with Crippen molar-refractivity contribution >= 4 is 16.9 Å². The van der Waals surface area contributed by atoms with Crippen molar-refractivity contribution in [2.45, 2.75) is 33.7 Å². The number of ether oxygens (including phenoxy) is 3. The van der Waals surface area contributed by atoms with Crippen molar-refractivity contribution in [1.29, 1.82) is 0 Å². The molecule has 0 amide bonds. The summed E-state index contributed by atoms with van der Waals surface area (Å²) in [5, 5.41) is 0.866. The first kappa shape index (κ1) is 17.3. The van der Waals surface area contributed by atoms with E-state index >= 15 is 0 Å². The molecule has 0 unspecified atom stereocenters. The normalized spacial score (nSPS) is 11.0. The van der Waals surface area contributed by atoms with Crippen LogP contribution in [0.25, 0.3) is 10.9 Å². The van der Waals surface area contributed by atoms with Crippen LogP contribution in [0.5, 0.6) is 5.75 Å². The first-order valence-corrected chi connectivity index (χ1v) is 8.05. The molecule has 0 spiro atoms. The zero-order valence-electron chi connectivity index (χ0n) is 14.3. The predicted octanol–water partition coefficient (Wildman–Crippen LogP) is 3.56. The van der Waals surface area contributed by atoms with E-state index in [-0.39, 0.29) is 5.97 Å². The van der Waals surface area contributed by atoms with E-state index in [2.05, 4.69) is 11.5 Å². The van der Waals surface area contributed by atoms with Crippen LogP contribution in [0.4, 0.5) is 0 Å². The zero-order chi connectivity index (χ0) is 16.8. The smallest absolute Gasteiger partial charge is 0.340 e. The third-order valence-corrected chi connectivity index (χ3v) is 3.77.